The van der Waals surface area contributed by atoms with Gasteiger partial charge in [0.25, 0.3) is 0 Å². The standard InChI is InChI=1S/C26H25FN4O/c27-20-8-11-22-23(16-20)30-26(32)24(22)25(19-4-2-1-3-5-19)29-21-9-6-18(7-10-21)17-31-14-12-28-13-15-31/h1-11,16,24,28H,12-15,17H2,(H,30,32). The first-order valence-corrected chi connectivity index (χ1v) is 10.9. The number of halogens is 1. The Balaban J connectivity index is 1.48. The number of hydrogen-bond donors (Lipinski definition) is 2. The van der Waals surface area contributed by atoms with Crippen LogP contribution in [0.2, 0.25) is 0 Å². The van der Waals surface area contributed by atoms with Crippen LogP contribution in [0.5, 0.6) is 0 Å². The number of carbonyl (C=O) groups excluding carboxylic acids is 1. The molecule has 5 nitrogen and oxygen atoms in total. The summed E-state index contributed by atoms with van der Waals surface area (Å²) in [5.74, 6) is -1.15. The van der Waals surface area contributed by atoms with Crippen LogP contribution in [0.4, 0.5) is 15.8 Å². The Hall–Kier alpha value is -3.35. The minimum atomic E-state index is -0.589. The van der Waals surface area contributed by atoms with Crippen molar-refractivity contribution >= 4 is 23.0 Å². The summed E-state index contributed by atoms with van der Waals surface area (Å²) in [6.45, 7) is 5.07. The number of amides is 1. The van der Waals surface area contributed by atoms with Gasteiger partial charge in [-0.3, -0.25) is 14.7 Å². The molecule has 0 saturated carbocycles. The fourth-order valence-corrected chi connectivity index (χ4v) is 4.35. The fourth-order valence-electron chi connectivity index (χ4n) is 4.35. The van der Waals surface area contributed by atoms with Gasteiger partial charge in [0, 0.05) is 38.4 Å². The summed E-state index contributed by atoms with van der Waals surface area (Å²) in [7, 11) is 0. The van der Waals surface area contributed by atoms with E-state index >= 15 is 0 Å². The van der Waals surface area contributed by atoms with Gasteiger partial charge in [0.2, 0.25) is 5.91 Å². The minimum Gasteiger partial charge on any atom is -0.325 e. The molecule has 2 N–H and O–H groups in total. The van der Waals surface area contributed by atoms with E-state index < -0.39 is 5.92 Å². The summed E-state index contributed by atoms with van der Waals surface area (Å²) in [6, 6.07) is 22.3. The van der Waals surface area contributed by atoms with Crippen molar-refractivity contribution in [3.8, 4) is 0 Å². The van der Waals surface area contributed by atoms with Gasteiger partial charge in [-0.15, -0.1) is 0 Å². The van der Waals surface area contributed by atoms with E-state index in [1.807, 2.05) is 42.5 Å². The van der Waals surface area contributed by atoms with Crippen LogP contribution in [0.25, 0.3) is 0 Å². The first-order valence-electron chi connectivity index (χ1n) is 10.9. The third-order valence-corrected chi connectivity index (χ3v) is 5.99. The Labute approximate surface area is 187 Å². The smallest absolute Gasteiger partial charge is 0.238 e. The van der Waals surface area contributed by atoms with Crippen LogP contribution in [0.3, 0.4) is 0 Å². The van der Waals surface area contributed by atoms with Crippen molar-refractivity contribution in [2.45, 2.75) is 12.5 Å². The van der Waals surface area contributed by atoms with Crippen LogP contribution < -0.4 is 10.6 Å². The molecule has 0 spiro atoms. The molecule has 1 unspecified atom stereocenters. The molecule has 6 heteroatoms. The highest BCUT2D eigenvalue weighted by Crippen LogP contribution is 2.36. The Kier molecular flexibility index (Phi) is 5.79. The SMILES string of the molecule is O=C1Nc2cc(F)ccc2C1C(=Nc1ccc(CN2CCNCC2)cc1)c1ccccc1. The predicted molar refractivity (Wildman–Crippen MR) is 125 cm³/mol. The van der Waals surface area contributed by atoms with Gasteiger partial charge in [0.05, 0.1) is 11.4 Å². The van der Waals surface area contributed by atoms with Crippen LogP contribution in [0, 0.1) is 5.82 Å². The number of benzene rings is 3. The monoisotopic (exact) mass is 428 g/mol. The molecule has 0 aliphatic carbocycles. The van der Waals surface area contributed by atoms with Crippen molar-refractivity contribution in [3.05, 3.63) is 95.3 Å². The van der Waals surface area contributed by atoms with Gasteiger partial charge in [-0.1, -0.05) is 48.5 Å². The highest BCUT2D eigenvalue weighted by atomic mass is 19.1. The average molecular weight is 429 g/mol. The van der Waals surface area contributed by atoms with Gasteiger partial charge in [-0.05, 0) is 41.0 Å². The third-order valence-electron chi connectivity index (χ3n) is 5.99. The van der Waals surface area contributed by atoms with Gasteiger partial charge in [0.1, 0.15) is 11.7 Å². The summed E-state index contributed by atoms with van der Waals surface area (Å²) in [5.41, 5.74) is 4.81. The lowest BCUT2D eigenvalue weighted by molar-refractivity contribution is -0.115. The second-order valence-corrected chi connectivity index (χ2v) is 8.21. The largest absolute Gasteiger partial charge is 0.325 e. The molecule has 3 aromatic rings. The maximum absolute atomic E-state index is 13.7. The summed E-state index contributed by atoms with van der Waals surface area (Å²) < 4.78 is 13.7. The molecule has 0 bridgehead atoms. The molecule has 2 aliphatic rings. The van der Waals surface area contributed by atoms with Gasteiger partial charge < -0.3 is 10.6 Å². The van der Waals surface area contributed by atoms with Crippen molar-refractivity contribution in [1.29, 1.82) is 0 Å². The molecule has 5 rings (SSSR count). The molecular formula is C26H25FN4O. The molecule has 0 radical (unpaired) electrons. The van der Waals surface area contributed by atoms with Gasteiger partial charge in [-0.2, -0.15) is 0 Å². The maximum Gasteiger partial charge on any atom is 0.238 e. The maximum atomic E-state index is 13.7. The number of aliphatic imine (C=N–C) groups is 1. The lowest BCUT2D eigenvalue weighted by atomic mass is 9.90. The second-order valence-electron chi connectivity index (χ2n) is 8.21. The first kappa shape index (κ1) is 20.5. The summed E-state index contributed by atoms with van der Waals surface area (Å²) in [5, 5.41) is 6.18. The van der Waals surface area contributed by atoms with E-state index in [0.717, 1.165) is 49.5 Å². The van der Waals surface area contributed by atoms with E-state index in [2.05, 4.69) is 27.7 Å². The summed E-state index contributed by atoms with van der Waals surface area (Å²) in [6.07, 6.45) is 0. The Morgan fingerprint density at radius 1 is 1.00 bits per heavy atom. The zero-order valence-electron chi connectivity index (χ0n) is 17.7. The minimum absolute atomic E-state index is 0.191. The molecule has 1 fully saturated rings. The van der Waals surface area contributed by atoms with Gasteiger partial charge in [0.15, 0.2) is 0 Å². The van der Waals surface area contributed by atoms with E-state index in [9.17, 15) is 9.18 Å². The number of rotatable bonds is 5. The molecule has 0 aromatic heterocycles. The highest BCUT2D eigenvalue weighted by Gasteiger charge is 2.35. The van der Waals surface area contributed by atoms with Crippen LogP contribution in [0.15, 0.2) is 77.8 Å². The number of nitrogens with zero attached hydrogens (tertiary/aromatic N) is 2. The number of fused-ring (bicyclic) bond motifs is 1. The second kappa shape index (κ2) is 9.02. The van der Waals surface area contributed by atoms with Crippen LogP contribution >= 0.6 is 0 Å². The van der Waals surface area contributed by atoms with Crippen LogP contribution in [-0.2, 0) is 11.3 Å². The average Bonchev–Trinajstić information content (AvgIpc) is 3.14. The molecule has 1 amide bonds. The van der Waals surface area contributed by atoms with Crippen molar-refractivity contribution in [3.63, 3.8) is 0 Å². The van der Waals surface area contributed by atoms with E-state index in [1.165, 1.54) is 17.7 Å². The van der Waals surface area contributed by atoms with Gasteiger partial charge >= 0.3 is 0 Å². The normalized spacial score (nSPS) is 19.0. The Bertz CT molecular complexity index is 1140. The lowest BCUT2D eigenvalue weighted by Crippen LogP contribution is -2.42. The van der Waals surface area contributed by atoms with E-state index in [1.54, 1.807) is 6.07 Å². The zero-order chi connectivity index (χ0) is 21.9. The Morgan fingerprint density at radius 3 is 2.50 bits per heavy atom. The number of anilines is 1. The lowest BCUT2D eigenvalue weighted by Gasteiger charge is -2.27. The zero-order valence-corrected chi connectivity index (χ0v) is 17.7. The number of carbonyl (C=O) groups is 1. The van der Waals surface area contributed by atoms with E-state index in [4.69, 9.17) is 4.99 Å². The summed E-state index contributed by atoms with van der Waals surface area (Å²) >= 11 is 0. The Morgan fingerprint density at radius 2 is 1.75 bits per heavy atom. The predicted octanol–water partition coefficient (Wildman–Crippen LogP) is 4.09. The van der Waals surface area contributed by atoms with Crippen molar-refractivity contribution in [2.24, 2.45) is 4.99 Å². The first-order chi connectivity index (χ1) is 15.7. The molecule has 3 aromatic carbocycles. The van der Waals surface area contributed by atoms with Crippen molar-refractivity contribution in [2.75, 3.05) is 31.5 Å². The number of nitrogens with one attached hydrogen (secondary N) is 2. The van der Waals surface area contributed by atoms with Crippen molar-refractivity contribution in [1.82, 2.24) is 10.2 Å². The topological polar surface area (TPSA) is 56.7 Å². The van der Waals surface area contributed by atoms with Crippen LogP contribution in [-0.4, -0.2) is 42.7 Å². The van der Waals surface area contributed by atoms with E-state index in [-0.39, 0.29) is 11.7 Å². The van der Waals surface area contributed by atoms with Gasteiger partial charge in [-0.25, -0.2) is 4.39 Å². The van der Waals surface area contributed by atoms with Crippen LogP contribution in [0.1, 0.15) is 22.6 Å². The highest BCUT2D eigenvalue weighted by molar-refractivity contribution is 6.24. The number of hydrogen-bond acceptors (Lipinski definition) is 4. The fraction of sp³-hybridized carbons (Fsp3) is 0.231. The van der Waals surface area contributed by atoms with E-state index in [0.29, 0.717) is 11.4 Å². The molecule has 2 heterocycles. The number of piperazine rings is 1. The molecule has 1 saturated heterocycles. The summed E-state index contributed by atoms with van der Waals surface area (Å²) in [4.78, 5) is 20.2. The quantitative estimate of drug-likeness (QED) is 0.602. The molecular weight excluding hydrogens is 403 g/mol. The molecule has 1 atom stereocenters. The molecule has 32 heavy (non-hydrogen) atoms. The van der Waals surface area contributed by atoms with Crippen molar-refractivity contribution < 1.29 is 9.18 Å². The third kappa shape index (κ3) is 4.33. The molecule has 2 aliphatic heterocycles. The molecule has 162 valence electrons.